The number of nitrogens with one attached hydrogen (secondary N) is 1. The second-order valence-corrected chi connectivity index (χ2v) is 9.50. The van der Waals surface area contributed by atoms with E-state index in [-0.39, 0.29) is 29.4 Å². The molecule has 3 rings (SSSR count). The van der Waals surface area contributed by atoms with Gasteiger partial charge in [-0.1, -0.05) is 30.3 Å². The van der Waals surface area contributed by atoms with Gasteiger partial charge in [-0.3, -0.25) is 9.69 Å². The van der Waals surface area contributed by atoms with Crippen molar-refractivity contribution in [1.82, 2.24) is 14.5 Å². The Morgan fingerprint density at radius 3 is 2.30 bits per heavy atom. The van der Waals surface area contributed by atoms with Gasteiger partial charge in [-0.25, -0.2) is 12.8 Å². The lowest BCUT2D eigenvalue weighted by molar-refractivity contribution is -0.126. The van der Waals surface area contributed by atoms with Crippen molar-refractivity contribution in [1.29, 1.82) is 0 Å². The van der Waals surface area contributed by atoms with Crippen molar-refractivity contribution in [3.05, 3.63) is 66.0 Å². The number of carbonyl (C=O) groups excluding carboxylic acids is 1. The predicted molar refractivity (Wildman–Crippen MR) is 114 cm³/mol. The summed E-state index contributed by atoms with van der Waals surface area (Å²) in [5.74, 6) is -0.554. The number of hydrogen-bond acceptors (Lipinski definition) is 4. The average molecular weight is 434 g/mol. The molecule has 2 aromatic rings. The van der Waals surface area contributed by atoms with E-state index in [0.29, 0.717) is 26.1 Å². The van der Waals surface area contributed by atoms with Gasteiger partial charge in [0.05, 0.1) is 17.0 Å². The van der Waals surface area contributed by atoms with Crippen molar-refractivity contribution >= 4 is 15.9 Å². The highest BCUT2D eigenvalue weighted by molar-refractivity contribution is 7.89. The lowest BCUT2D eigenvalue weighted by Gasteiger charge is -2.28. The molecule has 0 saturated carbocycles. The van der Waals surface area contributed by atoms with Gasteiger partial charge in [0, 0.05) is 26.2 Å². The summed E-state index contributed by atoms with van der Waals surface area (Å²) in [5.41, 5.74) is 1.03. The van der Waals surface area contributed by atoms with Gasteiger partial charge in [-0.05, 0) is 50.1 Å². The number of amides is 1. The third-order valence-electron chi connectivity index (χ3n) is 5.53. The zero-order valence-electron chi connectivity index (χ0n) is 17.3. The van der Waals surface area contributed by atoms with E-state index in [0.717, 1.165) is 17.7 Å². The van der Waals surface area contributed by atoms with Gasteiger partial charge >= 0.3 is 0 Å². The van der Waals surface area contributed by atoms with Crippen LogP contribution in [0.15, 0.2) is 59.5 Å². The molecule has 2 aromatic carbocycles. The number of rotatable bonds is 6. The summed E-state index contributed by atoms with van der Waals surface area (Å²) in [7, 11) is -3.69. The zero-order chi connectivity index (χ0) is 21.7. The molecular weight excluding hydrogens is 405 g/mol. The van der Waals surface area contributed by atoms with Crippen molar-refractivity contribution in [3.8, 4) is 0 Å². The van der Waals surface area contributed by atoms with E-state index in [1.807, 2.05) is 49.1 Å². The Hall–Kier alpha value is -2.29. The Labute approximate surface area is 177 Å². The molecule has 162 valence electrons. The highest BCUT2D eigenvalue weighted by Gasteiger charge is 2.30. The van der Waals surface area contributed by atoms with Gasteiger partial charge in [0.15, 0.2) is 0 Å². The Balaban J connectivity index is 1.61. The van der Waals surface area contributed by atoms with E-state index in [9.17, 15) is 17.6 Å². The first-order chi connectivity index (χ1) is 14.3. The maximum absolute atomic E-state index is 13.1. The van der Waals surface area contributed by atoms with Crippen molar-refractivity contribution in [3.63, 3.8) is 0 Å². The molecule has 1 aliphatic heterocycles. The first-order valence-corrected chi connectivity index (χ1v) is 11.6. The SMILES string of the molecule is C[C@@H](NC(=O)[C@H](C)N1CCCN(S(=O)(=O)c2ccc(F)cc2)CC1)c1ccccc1. The monoisotopic (exact) mass is 433 g/mol. The molecule has 0 radical (unpaired) electrons. The molecule has 30 heavy (non-hydrogen) atoms. The number of benzene rings is 2. The largest absolute Gasteiger partial charge is 0.348 e. The van der Waals surface area contributed by atoms with E-state index in [1.54, 1.807) is 0 Å². The standard InChI is InChI=1S/C22H28FN3O3S/c1-17(19-7-4-3-5-8-19)24-22(27)18(2)25-13-6-14-26(16-15-25)30(28,29)21-11-9-20(23)10-12-21/h3-5,7-12,17-18H,6,13-16H2,1-2H3,(H,24,27)/t17-,18+/m1/s1. The van der Waals surface area contributed by atoms with Crippen molar-refractivity contribution in [2.24, 2.45) is 0 Å². The Kier molecular flexibility index (Phi) is 7.23. The third-order valence-corrected chi connectivity index (χ3v) is 7.44. The number of carbonyl (C=O) groups is 1. The summed E-state index contributed by atoms with van der Waals surface area (Å²) < 4.78 is 40.3. The molecule has 0 aliphatic carbocycles. The van der Waals surface area contributed by atoms with Crippen LogP contribution in [0.4, 0.5) is 4.39 Å². The minimum absolute atomic E-state index is 0.0822. The maximum Gasteiger partial charge on any atom is 0.243 e. The second kappa shape index (κ2) is 9.68. The molecule has 6 nitrogen and oxygen atoms in total. The minimum Gasteiger partial charge on any atom is -0.348 e. The van der Waals surface area contributed by atoms with Crippen LogP contribution in [0.5, 0.6) is 0 Å². The van der Waals surface area contributed by atoms with Gasteiger partial charge in [0.1, 0.15) is 5.82 Å². The topological polar surface area (TPSA) is 69.7 Å². The Morgan fingerprint density at radius 2 is 1.63 bits per heavy atom. The number of nitrogens with zero attached hydrogens (tertiary/aromatic N) is 2. The summed E-state index contributed by atoms with van der Waals surface area (Å²) >= 11 is 0. The lowest BCUT2D eigenvalue weighted by Crippen LogP contribution is -2.47. The zero-order valence-corrected chi connectivity index (χ0v) is 18.1. The van der Waals surface area contributed by atoms with Crippen LogP contribution in [-0.4, -0.2) is 55.8 Å². The predicted octanol–water partition coefficient (Wildman–Crippen LogP) is 2.79. The van der Waals surface area contributed by atoms with Crippen molar-refractivity contribution in [2.75, 3.05) is 26.2 Å². The fourth-order valence-corrected chi connectivity index (χ4v) is 5.09. The molecule has 2 atom stereocenters. The molecule has 1 amide bonds. The van der Waals surface area contributed by atoms with Crippen LogP contribution >= 0.6 is 0 Å². The molecular formula is C22H28FN3O3S. The van der Waals surface area contributed by atoms with E-state index in [1.165, 1.54) is 16.4 Å². The highest BCUT2D eigenvalue weighted by atomic mass is 32.2. The fraction of sp³-hybridized carbons (Fsp3) is 0.409. The molecule has 1 aliphatic rings. The lowest BCUT2D eigenvalue weighted by atomic mass is 10.1. The quantitative estimate of drug-likeness (QED) is 0.761. The molecule has 1 saturated heterocycles. The van der Waals surface area contributed by atoms with Crippen LogP contribution in [0.3, 0.4) is 0 Å². The van der Waals surface area contributed by atoms with E-state index < -0.39 is 15.8 Å². The van der Waals surface area contributed by atoms with Gasteiger partial charge in [-0.15, -0.1) is 0 Å². The van der Waals surface area contributed by atoms with E-state index in [4.69, 9.17) is 0 Å². The van der Waals surface area contributed by atoms with Crippen LogP contribution < -0.4 is 5.32 Å². The third kappa shape index (κ3) is 5.24. The summed E-state index contributed by atoms with van der Waals surface area (Å²) in [6.07, 6.45) is 0.617. The summed E-state index contributed by atoms with van der Waals surface area (Å²) in [6, 6.07) is 14.1. The van der Waals surface area contributed by atoms with Crippen LogP contribution in [0, 0.1) is 5.82 Å². The first kappa shape index (κ1) is 22.4. The maximum atomic E-state index is 13.1. The molecule has 0 bridgehead atoms. The van der Waals surface area contributed by atoms with Gasteiger partial charge in [0.2, 0.25) is 15.9 Å². The van der Waals surface area contributed by atoms with Crippen molar-refractivity contribution in [2.45, 2.75) is 37.2 Å². The van der Waals surface area contributed by atoms with Crippen LogP contribution in [0.25, 0.3) is 0 Å². The van der Waals surface area contributed by atoms with Gasteiger partial charge in [-0.2, -0.15) is 4.31 Å². The molecule has 0 aromatic heterocycles. The fourth-order valence-electron chi connectivity index (χ4n) is 3.62. The van der Waals surface area contributed by atoms with Crippen LogP contribution in [-0.2, 0) is 14.8 Å². The second-order valence-electron chi connectivity index (χ2n) is 7.56. The minimum atomic E-state index is -3.69. The van der Waals surface area contributed by atoms with E-state index >= 15 is 0 Å². The van der Waals surface area contributed by atoms with E-state index in [2.05, 4.69) is 5.32 Å². The summed E-state index contributed by atoms with van der Waals surface area (Å²) in [5, 5.41) is 3.04. The van der Waals surface area contributed by atoms with Gasteiger partial charge in [0.25, 0.3) is 0 Å². The summed E-state index contributed by atoms with van der Waals surface area (Å²) in [6.45, 7) is 5.52. The van der Waals surface area contributed by atoms with Crippen LogP contribution in [0.2, 0.25) is 0 Å². The summed E-state index contributed by atoms with van der Waals surface area (Å²) in [4.78, 5) is 14.8. The van der Waals surface area contributed by atoms with Crippen molar-refractivity contribution < 1.29 is 17.6 Å². The molecule has 0 unspecified atom stereocenters. The number of hydrogen-bond donors (Lipinski definition) is 1. The molecule has 8 heteroatoms. The number of halogens is 1. The Morgan fingerprint density at radius 1 is 0.967 bits per heavy atom. The van der Waals surface area contributed by atoms with Gasteiger partial charge < -0.3 is 5.32 Å². The normalized spacial score (nSPS) is 18.4. The van der Waals surface area contributed by atoms with Crippen LogP contribution in [0.1, 0.15) is 31.9 Å². The molecule has 1 N–H and O–H groups in total. The Bertz CT molecular complexity index is 951. The molecule has 0 spiro atoms. The highest BCUT2D eigenvalue weighted by Crippen LogP contribution is 2.19. The number of sulfonamides is 1. The molecule has 1 fully saturated rings. The molecule has 1 heterocycles. The average Bonchev–Trinajstić information content (AvgIpc) is 3.01. The smallest absolute Gasteiger partial charge is 0.243 e. The first-order valence-electron chi connectivity index (χ1n) is 10.1.